The van der Waals surface area contributed by atoms with Crippen LogP contribution >= 0.6 is 0 Å². The van der Waals surface area contributed by atoms with Crippen molar-refractivity contribution in [1.82, 2.24) is 0 Å². The van der Waals surface area contributed by atoms with Gasteiger partial charge in [0.1, 0.15) is 11.3 Å². The average Bonchev–Trinajstić information content (AvgIpc) is 2.95. The van der Waals surface area contributed by atoms with Crippen molar-refractivity contribution in [1.29, 1.82) is 0 Å². The number of methoxy groups -OCH3 is 1. The summed E-state index contributed by atoms with van der Waals surface area (Å²) in [6.45, 7) is 0. The van der Waals surface area contributed by atoms with Crippen LogP contribution in [0.15, 0.2) is 112 Å². The van der Waals surface area contributed by atoms with Crippen LogP contribution in [0.4, 0.5) is 29.3 Å². The largest absolute Gasteiger partial charge is 0.493 e. The van der Waals surface area contributed by atoms with E-state index in [1.165, 1.54) is 42.3 Å². The standard InChI is InChI=1S/C30H20F3NO6/c1-37-23-14-8-9-15-24(23)39-27-26(35)22-17-16-21(18-25(22)40-28(27)30(31,32)33)38-29(36)34(19-10-4-2-5-11-19)20-12-6-3-7-13-20/h2-18H,1H3. The quantitative estimate of drug-likeness (QED) is 0.215. The molecule has 5 rings (SSSR count). The van der Waals surface area contributed by atoms with Gasteiger partial charge in [0, 0.05) is 6.07 Å². The number of benzene rings is 4. The molecule has 40 heavy (non-hydrogen) atoms. The number of rotatable bonds is 6. The molecule has 0 radical (unpaired) electrons. The number of nitrogens with zero attached hydrogens (tertiary/aromatic N) is 1. The molecule has 7 nitrogen and oxygen atoms in total. The van der Waals surface area contributed by atoms with Crippen molar-refractivity contribution in [3.63, 3.8) is 0 Å². The number of hydrogen-bond acceptors (Lipinski definition) is 6. The molecule has 4 aromatic carbocycles. The van der Waals surface area contributed by atoms with E-state index < -0.39 is 34.8 Å². The predicted octanol–water partition coefficient (Wildman–Crippen LogP) is 7.95. The molecule has 0 bridgehead atoms. The van der Waals surface area contributed by atoms with E-state index in [1.807, 2.05) is 0 Å². The SMILES string of the molecule is COc1ccccc1Oc1c(C(F)(F)F)oc2cc(OC(=O)N(c3ccccc3)c3ccccc3)ccc2c1=O. The Labute approximate surface area is 225 Å². The van der Waals surface area contributed by atoms with Crippen LogP contribution in [-0.4, -0.2) is 13.2 Å². The zero-order valence-electron chi connectivity index (χ0n) is 20.8. The summed E-state index contributed by atoms with van der Waals surface area (Å²) in [5.74, 6) is -2.81. The highest BCUT2D eigenvalue weighted by Crippen LogP contribution is 2.40. The van der Waals surface area contributed by atoms with Crippen molar-refractivity contribution >= 4 is 28.4 Å². The number of anilines is 2. The number of amides is 1. The minimum absolute atomic E-state index is 0.102. The molecule has 0 spiro atoms. The van der Waals surface area contributed by atoms with Gasteiger partial charge < -0.3 is 18.6 Å². The molecule has 1 aromatic heterocycles. The number of alkyl halides is 3. The van der Waals surface area contributed by atoms with Gasteiger partial charge in [0.25, 0.3) is 5.76 Å². The molecule has 0 unspecified atom stereocenters. The lowest BCUT2D eigenvalue weighted by Crippen LogP contribution is -2.29. The highest BCUT2D eigenvalue weighted by molar-refractivity contribution is 5.97. The van der Waals surface area contributed by atoms with Gasteiger partial charge >= 0.3 is 12.3 Å². The molecule has 0 atom stereocenters. The van der Waals surface area contributed by atoms with E-state index in [-0.39, 0.29) is 22.6 Å². The summed E-state index contributed by atoms with van der Waals surface area (Å²) in [7, 11) is 1.31. The zero-order valence-corrected chi connectivity index (χ0v) is 20.8. The molecule has 0 saturated heterocycles. The second-order valence-electron chi connectivity index (χ2n) is 8.37. The third-order valence-electron chi connectivity index (χ3n) is 5.78. The van der Waals surface area contributed by atoms with Crippen LogP contribution in [0, 0.1) is 0 Å². The second-order valence-corrected chi connectivity index (χ2v) is 8.37. The Morgan fingerprint density at radius 3 is 1.95 bits per heavy atom. The third-order valence-corrected chi connectivity index (χ3v) is 5.78. The Kier molecular flexibility index (Phi) is 7.15. The maximum atomic E-state index is 14.0. The van der Waals surface area contributed by atoms with Crippen LogP contribution in [0.5, 0.6) is 23.0 Å². The van der Waals surface area contributed by atoms with Crippen molar-refractivity contribution in [2.75, 3.05) is 12.0 Å². The monoisotopic (exact) mass is 547 g/mol. The zero-order chi connectivity index (χ0) is 28.3. The lowest BCUT2D eigenvalue weighted by molar-refractivity contribution is -0.154. The van der Waals surface area contributed by atoms with E-state index in [0.29, 0.717) is 11.4 Å². The third kappa shape index (κ3) is 5.32. The van der Waals surface area contributed by atoms with Crippen LogP contribution in [0.1, 0.15) is 5.76 Å². The molecule has 1 amide bonds. The number of para-hydroxylation sites is 4. The van der Waals surface area contributed by atoms with Crippen molar-refractivity contribution < 1.29 is 36.6 Å². The Balaban J connectivity index is 1.54. The number of ether oxygens (including phenoxy) is 3. The summed E-state index contributed by atoms with van der Waals surface area (Å²) in [5.41, 5.74) is -0.499. The maximum Gasteiger partial charge on any atom is 0.453 e. The second kappa shape index (κ2) is 10.9. The predicted molar refractivity (Wildman–Crippen MR) is 142 cm³/mol. The summed E-state index contributed by atoms with van der Waals surface area (Å²) in [5, 5.41) is -0.208. The van der Waals surface area contributed by atoms with Crippen LogP contribution in [0.25, 0.3) is 11.0 Å². The van der Waals surface area contributed by atoms with Gasteiger partial charge in [0.05, 0.1) is 23.9 Å². The fraction of sp³-hybridized carbons (Fsp3) is 0.0667. The van der Waals surface area contributed by atoms with Crippen LogP contribution in [0.3, 0.4) is 0 Å². The van der Waals surface area contributed by atoms with E-state index in [1.54, 1.807) is 66.7 Å². The molecular formula is C30H20F3NO6. The highest BCUT2D eigenvalue weighted by atomic mass is 19.4. The van der Waals surface area contributed by atoms with Gasteiger partial charge in [0.2, 0.25) is 11.2 Å². The van der Waals surface area contributed by atoms with Crippen LogP contribution in [0.2, 0.25) is 0 Å². The van der Waals surface area contributed by atoms with Gasteiger partial charge in [-0.1, -0.05) is 48.5 Å². The first-order chi connectivity index (χ1) is 19.3. The number of carbonyl (C=O) groups is 1. The topological polar surface area (TPSA) is 78.2 Å². The molecule has 10 heteroatoms. The smallest absolute Gasteiger partial charge is 0.453 e. The minimum atomic E-state index is -5.07. The Bertz CT molecular complexity index is 1680. The summed E-state index contributed by atoms with van der Waals surface area (Å²) >= 11 is 0. The Morgan fingerprint density at radius 2 is 1.38 bits per heavy atom. The summed E-state index contributed by atoms with van der Waals surface area (Å²) < 4.78 is 63.1. The lowest BCUT2D eigenvalue weighted by atomic mass is 10.2. The average molecular weight is 547 g/mol. The first kappa shape index (κ1) is 26.4. The normalized spacial score (nSPS) is 11.2. The number of hydrogen-bond donors (Lipinski definition) is 0. The van der Waals surface area contributed by atoms with Crippen molar-refractivity contribution in [3.05, 3.63) is 119 Å². The van der Waals surface area contributed by atoms with Crippen molar-refractivity contribution in [3.8, 4) is 23.0 Å². The Morgan fingerprint density at radius 1 is 0.800 bits per heavy atom. The van der Waals surface area contributed by atoms with E-state index in [9.17, 15) is 22.8 Å². The maximum absolute atomic E-state index is 14.0. The molecule has 0 saturated carbocycles. The molecule has 0 aliphatic heterocycles. The molecule has 202 valence electrons. The summed E-state index contributed by atoms with van der Waals surface area (Å²) in [6, 6.07) is 26.8. The van der Waals surface area contributed by atoms with Gasteiger partial charge in [-0.15, -0.1) is 0 Å². The summed E-state index contributed by atoms with van der Waals surface area (Å²) in [6.07, 6.45) is -5.90. The number of halogens is 3. The fourth-order valence-corrected chi connectivity index (χ4v) is 3.97. The fourth-order valence-electron chi connectivity index (χ4n) is 3.97. The minimum Gasteiger partial charge on any atom is -0.493 e. The van der Waals surface area contributed by atoms with E-state index in [0.717, 1.165) is 6.07 Å². The van der Waals surface area contributed by atoms with Crippen LogP contribution < -0.4 is 24.5 Å². The van der Waals surface area contributed by atoms with Gasteiger partial charge in [-0.2, -0.15) is 13.2 Å². The van der Waals surface area contributed by atoms with Gasteiger partial charge in [-0.25, -0.2) is 9.69 Å². The van der Waals surface area contributed by atoms with Gasteiger partial charge in [-0.05, 0) is 48.5 Å². The molecule has 0 N–H and O–H groups in total. The van der Waals surface area contributed by atoms with Crippen molar-refractivity contribution in [2.45, 2.75) is 6.18 Å². The van der Waals surface area contributed by atoms with E-state index in [4.69, 9.17) is 18.6 Å². The van der Waals surface area contributed by atoms with E-state index in [2.05, 4.69) is 0 Å². The first-order valence-corrected chi connectivity index (χ1v) is 11.9. The number of fused-ring (bicyclic) bond motifs is 1. The van der Waals surface area contributed by atoms with E-state index >= 15 is 0 Å². The van der Waals surface area contributed by atoms with Crippen molar-refractivity contribution in [2.24, 2.45) is 0 Å². The summed E-state index contributed by atoms with van der Waals surface area (Å²) in [4.78, 5) is 27.7. The molecule has 1 heterocycles. The van der Waals surface area contributed by atoms with Gasteiger partial charge in [0.15, 0.2) is 11.5 Å². The molecule has 0 aliphatic rings. The Hall–Kier alpha value is -5.25. The van der Waals surface area contributed by atoms with Gasteiger partial charge in [-0.3, -0.25) is 4.79 Å². The van der Waals surface area contributed by atoms with Crippen LogP contribution in [-0.2, 0) is 6.18 Å². The molecular weight excluding hydrogens is 527 g/mol. The molecule has 0 aliphatic carbocycles. The first-order valence-electron chi connectivity index (χ1n) is 11.9. The lowest BCUT2D eigenvalue weighted by Gasteiger charge is -2.22. The highest BCUT2D eigenvalue weighted by Gasteiger charge is 2.41. The number of carbonyl (C=O) groups excluding carboxylic acids is 1. The molecule has 0 fully saturated rings. The molecule has 5 aromatic rings.